The van der Waals surface area contributed by atoms with Gasteiger partial charge in [-0.25, -0.2) is 18.2 Å². The summed E-state index contributed by atoms with van der Waals surface area (Å²) in [6.07, 6.45) is 1.26. The first kappa shape index (κ1) is 20.3. The summed E-state index contributed by atoms with van der Waals surface area (Å²) in [5.74, 6) is -0.266. The van der Waals surface area contributed by atoms with E-state index in [1.54, 1.807) is 21.3 Å². The Bertz CT molecular complexity index is 1430. The first-order valence-electron chi connectivity index (χ1n) is 9.36. The maximum absolute atomic E-state index is 12.7. The van der Waals surface area contributed by atoms with Crippen molar-refractivity contribution >= 4 is 53.5 Å². The normalized spacial score (nSPS) is 11.9. The minimum atomic E-state index is -3.31. The number of carbonyl (C=O) groups is 1. The number of anilines is 1. The Kier molecular flexibility index (Phi) is 5.20. The second-order valence-electron chi connectivity index (χ2n) is 6.89. The molecule has 1 amide bonds. The summed E-state index contributed by atoms with van der Waals surface area (Å²) in [4.78, 5) is 29.7. The number of hydrogen-bond donors (Lipinski definition) is 1. The van der Waals surface area contributed by atoms with Gasteiger partial charge < -0.3 is 5.32 Å². The van der Waals surface area contributed by atoms with Crippen LogP contribution in [0.15, 0.2) is 52.2 Å². The zero-order valence-corrected chi connectivity index (χ0v) is 18.1. The summed E-state index contributed by atoms with van der Waals surface area (Å²) in [5, 5.41) is 3.14. The summed E-state index contributed by atoms with van der Waals surface area (Å²) < 4.78 is 27.4. The Labute approximate surface area is 176 Å². The molecule has 0 aliphatic heterocycles. The minimum Gasteiger partial charge on any atom is -0.302 e. The van der Waals surface area contributed by atoms with Gasteiger partial charge in [-0.2, -0.15) is 0 Å². The van der Waals surface area contributed by atoms with Crippen LogP contribution in [0.4, 0.5) is 5.13 Å². The predicted octanol–water partition coefficient (Wildman–Crippen LogP) is 2.86. The number of imidazole rings is 1. The van der Waals surface area contributed by atoms with Crippen LogP contribution in [0.1, 0.15) is 13.3 Å². The van der Waals surface area contributed by atoms with Crippen molar-refractivity contribution in [2.24, 2.45) is 0 Å². The molecule has 0 fully saturated rings. The molecule has 0 radical (unpaired) electrons. The van der Waals surface area contributed by atoms with E-state index in [9.17, 15) is 18.0 Å². The van der Waals surface area contributed by atoms with Crippen molar-refractivity contribution in [2.45, 2.75) is 31.3 Å². The zero-order chi connectivity index (χ0) is 21.5. The number of benzene rings is 2. The van der Waals surface area contributed by atoms with Crippen LogP contribution in [0.5, 0.6) is 0 Å². The number of nitrogens with one attached hydrogen (secondary N) is 1. The van der Waals surface area contributed by atoms with E-state index in [1.165, 1.54) is 17.4 Å². The number of thiazole rings is 1. The molecule has 2 aromatic heterocycles. The van der Waals surface area contributed by atoms with Gasteiger partial charge in [0.05, 0.1) is 26.1 Å². The molecule has 0 aliphatic carbocycles. The molecule has 30 heavy (non-hydrogen) atoms. The highest BCUT2D eigenvalue weighted by atomic mass is 32.2. The second-order valence-corrected chi connectivity index (χ2v) is 9.93. The first-order valence-corrected chi connectivity index (χ1v) is 12.1. The van der Waals surface area contributed by atoms with Gasteiger partial charge in [-0.1, -0.05) is 23.5 Å². The molecule has 1 N–H and O–H groups in total. The van der Waals surface area contributed by atoms with Crippen LogP contribution in [0, 0.1) is 0 Å². The number of para-hydroxylation sites is 2. The molecule has 0 bridgehead atoms. The average Bonchev–Trinajstić information content (AvgIpc) is 3.22. The highest BCUT2D eigenvalue weighted by molar-refractivity contribution is 7.90. The summed E-state index contributed by atoms with van der Waals surface area (Å²) >= 11 is 1.21. The number of carbonyl (C=O) groups excluding carboxylic acids is 1. The van der Waals surface area contributed by atoms with Crippen LogP contribution in [-0.2, 0) is 27.7 Å². The standard InChI is InChI=1S/C20H20N4O4S2/c1-3-23-15-6-4-5-7-16(15)24(20(23)26)11-10-18(25)22-19-21-14-9-8-13(30(2,27)28)12-17(14)29-19/h4-9,12H,3,10-11H2,1-2H3,(H,21,22,25). The van der Waals surface area contributed by atoms with Crippen molar-refractivity contribution in [3.63, 3.8) is 0 Å². The molecule has 2 aromatic carbocycles. The number of sulfone groups is 1. The van der Waals surface area contributed by atoms with Crippen molar-refractivity contribution in [1.82, 2.24) is 14.1 Å². The fourth-order valence-electron chi connectivity index (χ4n) is 3.38. The lowest BCUT2D eigenvalue weighted by Gasteiger charge is -2.03. The summed E-state index contributed by atoms with van der Waals surface area (Å²) in [7, 11) is -3.31. The van der Waals surface area contributed by atoms with Gasteiger partial charge in [0.25, 0.3) is 0 Å². The van der Waals surface area contributed by atoms with Gasteiger partial charge >= 0.3 is 5.69 Å². The minimum absolute atomic E-state index is 0.113. The molecule has 0 saturated heterocycles. The van der Waals surface area contributed by atoms with Crippen LogP contribution in [0.2, 0.25) is 0 Å². The molecule has 0 aliphatic rings. The van der Waals surface area contributed by atoms with Crippen molar-refractivity contribution in [2.75, 3.05) is 11.6 Å². The smallest absolute Gasteiger partial charge is 0.302 e. The molecular weight excluding hydrogens is 424 g/mol. The van der Waals surface area contributed by atoms with Crippen molar-refractivity contribution < 1.29 is 13.2 Å². The molecule has 4 rings (SSSR count). The van der Waals surface area contributed by atoms with E-state index in [2.05, 4.69) is 10.3 Å². The number of fused-ring (bicyclic) bond motifs is 2. The maximum atomic E-state index is 12.7. The molecule has 0 spiro atoms. The Balaban J connectivity index is 1.51. The average molecular weight is 445 g/mol. The number of aryl methyl sites for hydroxylation is 2. The van der Waals surface area contributed by atoms with E-state index in [1.807, 2.05) is 31.2 Å². The summed E-state index contributed by atoms with van der Waals surface area (Å²) in [5.41, 5.74) is 2.12. The maximum Gasteiger partial charge on any atom is 0.329 e. The Hall–Kier alpha value is -2.98. The van der Waals surface area contributed by atoms with Crippen molar-refractivity contribution in [3.05, 3.63) is 52.9 Å². The predicted molar refractivity (Wildman–Crippen MR) is 118 cm³/mol. The lowest BCUT2D eigenvalue weighted by atomic mass is 10.3. The van der Waals surface area contributed by atoms with Crippen LogP contribution in [0.3, 0.4) is 0 Å². The summed E-state index contributed by atoms with van der Waals surface area (Å²) in [6.45, 7) is 2.72. The first-order chi connectivity index (χ1) is 14.3. The van der Waals surface area contributed by atoms with Crippen molar-refractivity contribution in [3.8, 4) is 0 Å². The van der Waals surface area contributed by atoms with Gasteiger partial charge in [-0.3, -0.25) is 13.9 Å². The second kappa shape index (κ2) is 7.69. The molecular formula is C20H20N4O4S2. The van der Waals surface area contributed by atoms with E-state index in [-0.39, 0.29) is 29.5 Å². The SMILES string of the molecule is CCn1c(=O)n(CCC(=O)Nc2nc3ccc(S(C)(=O)=O)cc3s2)c2ccccc21. The molecule has 8 nitrogen and oxygen atoms in total. The molecule has 0 unspecified atom stereocenters. The number of nitrogens with zero attached hydrogens (tertiary/aromatic N) is 3. The highest BCUT2D eigenvalue weighted by Crippen LogP contribution is 2.28. The van der Waals surface area contributed by atoms with E-state index >= 15 is 0 Å². The van der Waals surface area contributed by atoms with Gasteiger partial charge in [-0.05, 0) is 37.3 Å². The zero-order valence-electron chi connectivity index (χ0n) is 16.5. The van der Waals surface area contributed by atoms with Crippen molar-refractivity contribution in [1.29, 1.82) is 0 Å². The third kappa shape index (κ3) is 3.75. The fourth-order valence-corrected chi connectivity index (χ4v) is 5.02. The van der Waals surface area contributed by atoms with E-state index < -0.39 is 9.84 Å². The lowest BCUT2D eigenvalue weighted by molar-refractivity contribution is -0.116. The van der Waals surface area contributed by atoms with E-state index in [4.69, 9.17) is 0 Å². The molecule has 2 heterocycles. The highest BCUT2D eigenvalue weighted by Gasteiger charge is 2.15. The summed E-state index contributed by atoms with van der Waals surface area (Å²) in [6, 6.07) is 12.2. The molecule has 0 saturated carbocycles. The van der Waals surface area contributed by atoms with Crippen LogP contribution < -0.4 is 11.0 Å². The topological polar surface area (TPSA) is 103 Å². The quantitative estimate of drug-likeness (QED) is 0.493. The van der Waals surface area contributed by atoms with Crippen LogP contribution in [0.25, 0.3) is 21.3 Å². The number of aromatic nitrogens is 3. The third-order valence-corrected chi connectivity index (χ3v) is 6.88. The largest absolute Gasteiger partial charge is 0.329 e. The van der Waals surface area contributed by atoms with Gasteiger partial charge in [0, 0.05) is 25.8 Å². The molecule has 10 heteroatoms. The monoisotopic (exact) mass is 444 g/mol. The molecule has 0 atom stereocenters. The van der Waals surface area contributed by atoms with E-state index in [0.717, 1.165) is 17.3 Å². The van der Waals surface area contributed by atoms with Gasteiger partial charge in [0.15, 0.2) is 15.0 Å². The number of amides is 1. The molecule has 4 aromatic rings. The Morgan fingerprint density at radius 2 is 1.83 bits per heavy atom. The Morgan fingerprint density at radius 1 is 1.13 bits per heavy atom. The number of rotatable bonds is 6. The van der Waals surface area contributed by atoms with Gasteiger partial charge in [-0.15, -0.1) is 0 Å². The molecule has 156 valence electrons. The number of hydrogen-bond acceptors (Lipinski definition) is 6. The van der Waals surface area contributed by atoms with E-state index in [0.29, 0.717) is 21.9 Å². The fraction of sp³-hybridized carbons (Fsp3) is 0.250. The van der Waals surface area contributed by atoms with Gasteiger partial charge in [0.1, 0.15) is 0 Å². The van der Waals surface area contributed by atoms with Gasteiger partial charge in [0.2, 0.25) is 5.91 Å². The van der Waals surface area contributed by atoms with Crippen LogP contribution >= 0.6 is 11.3 Å². The third-order valence-electron chi connectivity index (χ3n) is 4.84. The Morgan fingerprint density at radius 3 is 2.50 bits per heavy atom. The van der Waals surface area contributed by atoms with Crippen LogP contribution in [-0.4, -0.2) is 34.7 Å². The lowest BCUT2D eigenvalue weighted by Crippen LogP contribution is -2.25.